The highest BCUT2D eigenvalue weighted by Gasteiger charge is 2.18. The molecule has 0 aliphatic carbocycles. The van der Waals surface area contributed by atoms with E-state index in [2.05, 4.69) is 11.9 Å². The molecule has 0 saturated heterocycles. The van der Waals surface area contributed by atoms with Gasteiger partial charge in [0.15, 0.2) is 23.9 Å². The van der Waals surface area contributed by atoms with Crippen LogP contribution in [0.1, 0.15) is 29.3 Å². The summed E-state index contributed by atoms with van der Waals surface area (Å²) >= 11 is 12.4. The lowest BCUT2D eigenvalue weighted by Crippen LogP contribution is -2.30. The Morgan fingerprint density at radius 3 is 2.32 bits per heavy atom. The van der Waals surface area contributed by atoms with Gasteiger partial charge in [0.05, 0.1) is 19.2 Å². The summed E-state index contributed by atoms with van der Waals surface area (Å²) in [7, 11) is 3.14. The molecule has 0 atom stereocenters. The molecule has 1 N–H and O–H groups in total. The molecule has 2 aromatic carbocycles. The van der Waals surface area contributed by atoms with Gasteiger partial charge in [-0.2, -0.15) is 0 Å². The Morgan fingerprint density at radius 1 is 1.00 bits per heavy atom. The highest BCUT2D eigenvalue weighted by molar-refractivity contribution is 6.45. The Kier molecular flexibility index (Phi) is 9.21. The number of amides is 1. The number of nitrogens with one attached hydrogen (secondary N) is 1. The maximum atomic E-state index is 12.3. The van der Waals surface area contributed by atoms with Gasteiger partial charge in [0, 0.05) is 12.1 Å². The predicted molar refractivity (Wildman–Crippen MR) is 122 cm³/mol. The van der Waals surface area contributed by atoms with Crippen molar-refractivity contribution in [2.75, 3.05) is 27.4 Å². The van der Waals surface area contributed by atoms with Crippen molar-refractivity contribution in [3.05, 3.63) is 63.7 Å². The minimum absolute atomic E-state index is 0.0765. The average molecular weight is 466 g/mol. The number of rotatable bonds is 11. The van der Waals surface area contributed by atoms with Crippen molar-refractivity contribution in [3.63, 3.8) is 0 Å². The molecule has 0 heterocycles. The number of ether oxygens (including phenoxy) is 3. The van der Waals surface area contributed by atoms with E-state index in [1.54, 1.807) is 14.2 Å². The van der Waals surface area contributed by atoms with Crippen LogP contribution in [0.25, 0.3) is 0 Å². The van der Waals surface area contributed by atoms with E-state index in [0.29, 0.717) is 36.5 Å². The molecule has 0 aromatic heterocycles. The van der Waals surface area contributed by atoms with Gasteiger partial charge in [0.2, 0.25) is 0 Å². The van der Waals surface area contributed by atoms with E-state index in [1.807, 2.05) is 25.1 Å². The van der Waals surface area contributed by atoms with Gasteiger partial charge >= 0.3 is 0 Å². The van der Waals surface area contributed by atoms with E-state index >= 15 is 0 Å². The number of carbonyl (C=O) groups excluding carboxylic acids is 2. The fourth-order valence-electron chi connectivity index (χ4n) is 2.75. The molecule has 0 aliphatic heterocycles. The molecule has 0 spiro atoms. The number of Topliss-reactive ketones (excluding diaryl/α,β-unsaturated/α-hetero) is 1. The number of hydrogen-bond acceptors (Lipinski definition) is 5. The third-order valence-electron chi connectivity index (χ3n) is 4.58. The Labute approximate surface area is 192 Å². The lowest BCUT2D eigenvalue weighted by molar-refractivity contribution is -0.123. The number of hydrogen-bond donors (Lipinski definition) is 1. The molecular formula is C23H25Cl2NO5. The summed E-state index contributed by atoms with van der Waals surface area (Å²) in [6.45, 7) is 5.73. The molecule has 166 valence electrons. The molecule has 8 heteroatoms. The molecule has 0 radical (unpaired) electrons. The molecule has 2 rings (SSSR count). The predicted octanol–water partition coefficient (Wildman–Crippen LogP) is 4.90. The van der Waals surface area contributed by atoms with Crippen LogP contribution in [-0.4, -0.2) is 39.1 Å². The highest BCUT2D eigenvalue weighted by Crippen LogP contribution is 2.35. The van der Waals surface area contributed by atoms with Crippen molar-refractivity contribution >= 4 is 34.9 Å². The summed E-state index contributed by atoms with van der Waals surface area (Å²) in [6, 6.07) is 8.61. The maximum Gasteiger partial charge on any atom is 0.257 e. The van der Waals surface area contributed by atoms with Crippen LogP contribution in [-0.2, 0) is 11.2 Å². The Balaban J connectivity index is 1.89. The summed E-state index contributed by atoms with van der Waals surface area (Å²) in [4.78, 5) is 24.4. The third kappa shape index (κ3) is 6.39. The van der Waals surface area contributed by atoms with Gasteiger partial charge in [0.1, 0.15) is 10.8 Å². The second-order valence-corrected chi connectivity index (χ2v) is 7.36. The minimum atomic E-state index is -0.313. The first-order chi connectivity index (χ1) is 14.8. The third-order valence-corrected chi connectivity index (χ3v) is 5.45. The van der Waals surface area contributed by atoms with Crippen molar-refractivity contribution in [1.29, 1.82) is 0 Å². The molecule has 0 aliphatic rings. The summed E-state index contributed by atoms with van der Waals surface area (Å²) < 4.78 is 16.0. The van der Waals surface area contributed by atoms with E-state index in [-0.39, 0.29) is 39.7 Å². The van der Waals surface area contributed by atoms with Crippen LogP contribution in [0.3, 0.4) is 0 Å². The zero-order chi connectivity index (χ0) is 23.0. The van der Waals surface area contributed by atoms with Crippen LogP contribution >= 0.6 is 23.2 Å². The maximum absolute atomic E-state index is 12.3. The zero-order valence-electron chi connectivity index (χ0n) is 17.7. The van der Waals surface area contributed by atoms with Crippen molar-refractivity contribution in [3.8, 4) is 17.2 Å². The number of ketones is 1. The monoisotopic (exact) mass is 465 g/mol. The van der Waals surface area contributed by atoms with E-state index in [4.69, 9.17) is 37.4 Å². The molecule has 31 heavy (non-hydrogen) atoms. The van der Waals surface area contributed by atoms with Gasteiger partial charge in [0.25, 0.3) is 5.91 Å². The zero-order valence-corrected chi connectivity index (χ0v) is 19.2. The van der Waals surface area contributed by atoms with E-state index in [0.717, 1.165) is 5.56 Å². The lowest BCUT2D eigenvalue weighted by Gasteiger charge is -2.12. The Bertz CT molecular complexity index is 975. The Morgan fingerprint density at radius 2 is 1.68 bits per heavy atom. The molecule has 6 nitrogen and oxygen atoms in total. The van der Waals surface area contributed by atoms with E-state index in [9.17, 15) is 9.59 Å². The van der Waals surface area contributed by atoms with Crippen LogP contribution in [0.4, 0.5) is 0 Å². The molecular weight excluding hydrogens is 441 g/mol. The molecule has 0 unspecified atom stereocenters. The number of benzene rings is 2. The van der Waals surface area contributed by atoms with Crippen molar-refractivity contribution < 1.29 is 23.8 Å². The van der Waals surface area contributed by atoms with Crippen LogP contribution in [0, 0.1) is 0 Å². The number of allylic oxidation sites excluding steroid dienone is 1. The molecule has 2 aromatic rings. The smallest absolute Gasteiger partial charge is 0.257 e. The Hall–Kier alpha value is -2.70. The summed E-state index contributed by atoms with van der Waals surface area (Å²) in [5.74, 6) is 0.915. The second-order valence-electron chi connectivity index (χ2n) is 6.60. The van der Waals surface area contributed by atoms with Crippen LogP contribution in [0.2, 0.25) is 10.0 Å². The fraction of sp³-hybridized carbons (Fsp3) is 0.304. The number of halogens is 2. The summed E-state index contributed by atoms with van der Waals surface area (Å²) in [6.07, 6.45) is 1.12. The SMILES string of the molecule is C=C(CC)C(=O)c1ccc(OCC(=O)NCCc2ccc(OC)c(OC)c2)c(Cl)c1Cl. The highest BCUT2D eigenvalue weighted by atomic mass is 35.5. The first kappa shape index (κ1) is 24.6. The van der Waals surface area contributed by atoms with Gasteiger partial charge < -0.3 is 19.5 Å². The lowest BCUT2D eigenvalue weighted by atomic mass is 10.0. The van der Waals surface area contributed by atoms with Crippen molar-refractivity contribution in [2.45, 2.75) is 19.8 Å². The quantitative estimate of drug-likeness (QED) is 0.377. The minimum Gasteiger partial charge on any atom is -0.493 e. The topological polar surface area (TPSA) is 73.9 Å². The molecule has 0 bridgehead atoms. The molecule has 1 amide bonds. The first-order valence-corrected chi connectivity index (χ1v) is 10.4. The van der Waals surface area contributed by atoms with Gasteiger partial charge in [-0.3, -0.25) is 9.59 Å². The van der Waals surface area contributed by atoms with Gasteiger partial charge in [-0.05, 0) is 48.2 Å². The summed E-state index contributed by atoms with van der Waals surface area (Å²) in [5, 5.41) is 2.93. The van der Waals surface area contributed by atoms with Gasteiger partial charge in [-0.1, -0.05) is 42.8 Å². The normalized spacial score (nSPS) is 10.4. The van der Waals surface area contributed by atoms with Crippen LogP contribution < -0.4 is 19.5 Å². The first-order valence-electron chi connectivity index (χ1n) is 9.63. The van der Waals surface area contributed by atoms with Crippen LogP contribution in [0.5, 0.6) is 17.2 Å². The van der Waals surface area contributed by atoms with Crippen molar-refractivity contribution in [2.24, 2.45) is 0 Å². The number of carbonyl (C=O) groups is 2. The van der Waals surface area contributed by atoms with Gasteiger partial charge in [-0.15, -0.1) is 0 Å². The van der Waals surface area contributed by atoms with Crippen molar-refractivity contribution in [1.82, 2.24) is 5.32 Å². The number of methoxy groups -OCH3 is 2. The van der Waals surface area contributed by atoms with E-state index in [1.165, 1.54) is 12.1 Å². The fourth-order valence-corrected chi connectivity index (χ4v) is 3.21. The van der Waals surface area contributed by atoms with Crippen LogP contribution in [0.15, 0.2) is 42.5 Å². The summed E-state index contributed by atoms with van der Waals surface area (Å²) in [5.41, 5.74) is 1.67. The largest absolute Gasteiger partial charge is 0.493 e. The average Bonchev–Trinajstić information content (AvgIpc) is 2.78. The van der Waals surface area contributed by atoms with Gasteiger partial charge in [-0.25, -0.2) is 0 Å². The second kappa shape index (κ2) is 11.6. The molecule has 0 saturated carbocycles. The standard InChI is InChI=1S/C23H25Cl2NO5/c1-5-14(2)23(28)16-7-9-18(22(25)21(16)24)31-13-20(27)26-11-10-15-6-8-17(29-3)19(12-15)30-4/h6-9,12H,2,5,10-11,13H2,1,3-4H3,(H,26,27). The van der Waals surface area contributed by atoms with E-state index < -0.39 is 0 Å². The molecule has 0 fully saturated rings.